The van der Waals surface area contributed by atoms with Crippen molar-refractivity contribution in [3.05, 3.63) is 12.7 Å². The summed E-state index contributed by atoms with van der Waals surface area (Å²) in [5.41, 5.74) is -0.973. The molecule has 180 valence electrons. The minimum atomic E-state index is -0.973. The van der Waals surface area contributed by atoms with Crippen molar-refractivity contribution >= 4 is 17.8 Å². The van der Waals surface area contributed by atoms with Gasteiger partial charge in [-0.15, -0.1) is 6.58 Å². The van der Waals surface area contributed by atoms with E-state index in [1.54, 1.807) is 22.8 Å². The molecule has 3 aliphatic heterocycles. The number of unbranched alkanes of at least 4 members (excludes halogenated alkanes) is 3. The molecule has 5 atom stereocenters. The van der Waals surface area contributed by atoms with Gasteiger partial charge in [-0.3, -0.25) is 14.4 Å². The first-order chi connectivity index (χ1) is 15.5. The van der Waals surface area contributed by atoms with Gasteiger partial charge in [-0.1, -0.05) is 19.4 Å². The Morgan fingerprint density at radius 2 is 2.09 bits per heavy atom. The number of aliphatic hydroxyl groups is 1. The quantitative estimate of drug-likeness (QED) is 0.262. The summed E-state index contributed by atoms with van der Waals surface area (Å²) in [4.78, 5) is 43.7. The molecular formula is C24H38N2O6. The van der Waals surface area contributed by atoms with Gasteiger partial charge >= 0.3 is 5.97 Å². The second kappa shape index (κ2) is 10.8. The number of carbonyl (C=O) groups excluding carboxylic acids is 3. The molecule has 8 heteroatoms. The lowest BCUT2D eigenvalue weighted by molar-refractivity contribution is -0.155. The summed E-state index contributed by atoms with van der Waals surface area (Å²) in [7, 11) is 0. The number of aliphatic hydroxyl groups excluding tert-OH is 1. The second-order valence-corrected chi connectivity index (χ2v) is 9.05. The molecule has 3 heterocycles. The van der Waals surface area contributed by atoms with Crippen LogP contribution < -0.4 is 0 Å². The standard InChI is InChI=1S/C24H38N2O6/c1-4-7-14-25(13-5-2)22(29)20-24-12-11-17(32-24)18(23(30)31-6-3)19(24)21(28)26(20)15-9-8-10-16-27/h5,17-20,27H,2,4,6-16H2,1,3H3/t17-,18+,19-,20?,24?/m0/s1. The second-order valence-electron chi connectivity index (χ2n) is 9.05. The number of amides is 2. The molecule has 0 saturated carbocycles. The summed E-state index contributed by atoms with van der Waals surface area (Å²) in [6.45, 7) is 9.38. The van der Waals surface area contributed by atoms with E-state index in [4.69, 9.17) is 14.6 Å². The Morgan fingerprint density at radius 3 is 2.75 bits per heavy atom. The van der Waals surface area contributed by atoms with E-state index in [1.807, 2.05) is 0 Å². The highest BCUT2D eigenvalue weighted by atomic mass is 16.6. The average molecular weight is 451 g/mol. The summed E-state index contributed by atoms with van der Waals surface area (Å²) >= 11 is 0. The van der Waals surface area contributed by atoms with Gasteiger partial charge in [-0.05, 0) is 45.4 Å². The lowest BCUT2D eigenvalue weighted by Gasteiger charge is -2.36. The van der Waals surface area contributed by atoms with Gasteiger partial charge in [-0.2, -0.15) is 0 Å². The largest absolute Gasteiger partial charge is 0.466 e. The van der Waals surface area contributed by atoms with Gasteiger partial charge in [0.05, 0.1) is 24.5 Å². The topological polar surface area (TPSA) is 96.4 Å². The number of esters is 1. The summed E-state index contributed by atoms with van der Waals surface area (Å²) < 4.78 is 11.7. The van der Waals surface area contributed by atoms with E-state index in [-0.39, 0.29) is 31.1 Å². The molecule has 2 amide bonds. The first-order valence-electron chi connectivity index (χ1n) is 12.1. The molecule has 32 heavy (non-hydrogen) atoms. The minimum absolute atomic E-state index is 0.0999. The number of likely N-dealkylation sites (tertiary alicyclic amines) is 1. The number of ether oxygens (including phenoxy) is 2. The van der Waals surface area contributed by atoms with E-state index in [0.29, 0.717) is 45.3 Å². The lowest BCUT2D eigenvalue weighted by atomic mass is 9.70. The number of fused-ring (bicyclic) bond motifs is 1. The summed E-state index contributed by atoms with van der Waals surface area (Å²) in [6.07, 6.45) is 6.47. The predicted molar refractivity (Wildman–Crippen MR) is 119 cm³/mol. The van der Waals surface area contributed by atoms with Crippen molar-refractivity contribution in [2.24, 2.45) is 11.8 Å². The van der Waals surface area contributed by atoms with Crippen molar-refractivity contribution in [2.75, 3.05) is 32.8 Å². The summed E-state index contributed by atoms with van der Waals surface area (Å²) in [6, 6.07) is -0.740. The normalized spacial score (nSPS) is 30.5. The van der Waals surface area contributed by atoms with E-state index in [1.165, 1.54) is 0 Å². The fourth-order valence-electron chi connectivity index (χ4n) is 5.72. The van der Waals surface area contributed by atoms with Gasteiger partial charge in [0.2, 0.25) is 11.8 Å². The first kappa shape index (κ1) is 24.7. The SMILES string of the molecule is C=CCN(CCCC)C(=O)C1N(CCCCCO)C(=O)[C@@H]2[C@H](C(=O)OCC)[C@@H]3CCC12O3. The molecule has 0 aromatic heterocycles. The zero-order valence-electron chi connectivity index (χ0n) is 19.5. The lowest BCUT2D eigenvalue weighted by Crippen LogP contribution is -2.56. The highest BCUT2D eigenvalue weighted by molar-refractivity contribution is 5.98. The maximum atomic E-state index is 13.9. The third kappa shape index (κ3) is 4.31. The Labute approximate surface area is 190 Å². The highest BCUT2D eigenvalue weighted by Gasteiger charge is 2.74. The molecule has 0 aromatic carbocycles. The van der Waals surface area contributed by atoms with Crippen LogP contribution in [0.4, 0.5) is 0 Å². The van der Waals surface area contributed by atoms with Gasteiger partial charge < -0.3 is 24.4 Å². The summed E-state index contributed by atoms with van der Waals surface area (Å²) in [5.74, 6) is -2.04. The van der Waals surface area contributed by atoms with Crippen LogP contribution in [-0.4, -0.2) is 83.3 Å². The zero-order chi connectivity index (χ0) is 23.3. The number of rotatable bonds is 13. The van der Waals surface area contributed by atoms with Crippen LogP contribution in [0.25, 0.3) is 0 Å². The third-order valence-electron chi connectivity index (χ3n) is 7.09. The van der Waals surface area contributed by atoms with E-state index in [0.717, 1.165) is 19.3 Å². The van der Waals surface area contributed by atoms with Crippen LogP contribution in [0.3, 0.4) is 0 Å². The van der Waals surface area contributed by atoms with Crippen molar-refractivity contribution in [3.8, 4) is 0 Å². The van der Waals surface area contributed by atoms with Crippen LogP contribution in [0.15, 0.2) is 12.7 Å². The average Bonchev–Trinajstić information content (AvgIpc) is 3.41. The van der Waals surface area contributed by atoms with Gasteiger partial charge in [-0.25, -0.2) is 0 Å². The smallest absolute Gasteiger partial charge is 0.312 e. The Kier molecular flexibility index (Phi) is 8.33. The van der Waals surface area contributed by atoms with Crippen LogP contribution >= 0.6 is 0 Å². The summed E-state index contributed by atoms with van der Waals surface area (Å²) in [5, 5.41) is 9.10. The van der Waals surface area contributed by atoms with Crippen molar-refractivity contribution in [2.45, 2.75) is 76.5 Å². The number of nitrogens with zero attached hydrogens (tertiary/aromatic N) is 2. The maximum absolute atomic E-state index is 13.9. The van der Waals surface area contributed by atoms with E-state index in [9.17, 15) is 14.4 Å². The molecule has 0 aromatic rings. The van der Waals surface area contributed by atoms with Crippen LogP contribution in [0.1, 0.15) is 58.8 Å². The maximum Gasteiger partial charge on any atom is 0.312 e. The van der Waals surface area contributed by atoms with Crippen molar-refractivity contribution < 1.29 is 29.0 Å². The third-order valence-corrected chi connectivity index (χ3v) is 7.09. The molecule has 3 aliphatic rings. The molecule has 2 unspecified atom stereocenters. The molecule has 3 rings (SSSR count). The molecule has 8 nitrogen and oxygen atoms in total. The molecule has 3 saturated heterocycles. The fraction of sp³-hybridized carbons (Fsp3) is 0.792. The Balaban J connectivity index is 1.93. The Bertz CT molecular complexity index is 713. The monoisotopic (exact) mass is 450 g/mol. The van der Waals surface area contributed by atoms with Gasteiger partial charge in [0.1, 0.15) is 11.6 Å². The van der Waals surface area contributed by atoms with Crippen LogP contribution in [-0.2, 0) is 23.9 Å². The van der Waals surface area contributed by atoms with Crippen LogP contribution in [0, 0.1) is 11.8 Å². The Morgan fingerprint density at radius 1 is 1.31 bits per heavy atom. The molecular weight excluding hydrogens is 412 g/mol. The fourth-order valence-corrected chi connectivity index (χ4v) is 5.72. The number of hydrogen-bond acceptors (Lipinski definition) is 6. The van der Waals surface area contributed by atoms with Gasteiger partial charge in [0.15, 0.2) is 0 Å². The zero-order valence-corrected chi connectivity index (χ0v) is 19.5. The van der Waals surface area contributed by atoms with Crippen molar-refractivity contribution in [3.63, 3.8) is 0 Å². The predicted octanol–water partition coefficient (Wildman–Crippen LogP) is 1.90. The van der Waals surface area contributed by atoms with Crippen molar-refractivity contribution in [1.82, 2.24) is 9.80 Å². The molecule has 0 aliphatic carbocycles. The van der Waals surface area contributed by atoms with Crippen molar-refractivity contribution in [1.29, 1.82) is 0 Å². The van der Waals surface area contributed by atoms with Crippen LogP contribution in [0.5, 0.6) is 0 Å². The first-order valence-corrected chi connectivity index (χ1v) is 12.1. The molecule has 3 fully saturated rings. The van der Waals surface area contributed by atoms with E-state index in [2.05, 4.69) is 13.5 Å². The number of carbonyl (C=O) groups is 3. The highest BCUT2D eigenvalue weighted by Crippen LogP contribution is 2.58. The molecule has 0 radical (unpaired) electrons. The van der Waals surface area contributed by atoms with E-state index >= 15 is 0 Å². The number of hydrogen-bond donors (Lipinski definition) is 1. The van der Waals surface area contributed by atoms with Gasteiger partial charge in [0, 0.05) is 26.2 Å². The van der Waals surface area contributed by atoms with E-state index < -0.39 is 29.4 Å². The molecule has 1 spiro atoms. The molecule has 2 bridgehead atoms. The van der Waals surface area contributed by atoms with Gasteiger partial charge in [0.25, 0.3) is 0 Å². The minimum Gasteiger partial charge on any atom is -0.466 e. The van der Waals surface area contributed by atoms with Crippen LogP contribution in [0.2, 0.25) is 0 Å². The molecule has 1 N–H and O–H groups in total. The Hall–Kier alpha value is -1.93.